The molecule has 4 aromatic rings. The molecule has 1 N–H and O–H groups in total. The molecule has 4 heterocycles. The maximum atomic E-state index is 13.7. The van der Waals surface area contributed by atoms with Gasteiger partial charge in [-0.15, -0.1) is 5.10 Å². The van der Waals surface area contributed by atoms with Crippen LogP contribution in [0.4, 0.5) is 0 Å². The molecule has 4 bridgehead atoms. The van der Waals surface area contributed by atoms with Crippen molar-refractivity contribution in [3.05, 3.63) is 88.5 Å². The molecule has 12 nitrogen and oxygen atoms in total. The van der Waals surface area contributed by atoms with Crippen molar-refractivity contribution in [3.63, 3.8) is 0 Å². The summed E-state index contributed by atoms with van der Waals surface area (Å²) < 4.78 is 21.2. The molecular weight excluding hydrogens is 538 g/mol. The standard InChI is InChI=1S/C30H33N7O5/c1-19-11-20(2)37(33-19)14-21-5-4-6-23(12-21)30(39)35-16-25-28(17-35)42-18-24-15-36(34-32-24)9-10-41-27-13-22(29(38)31-25)7-8-26(27)40-3/h4-8,11-13,15,25,28H,9-10,14,16-18H2,1-3H3,(H,31,38)/t25-,28-/m0/s1. The van der Waals surface area contributed by atoms with E-state index in [0.29, 0.717) is 61.1 Å². The maximum absolute atomic E-state index is 13.7. The number of carbonyl (C=O) groups is 2. The third-order valence-electron chi connectivity index (χ3n) is 7.51. The Hall–Kier alpha value is -4.71. The Balaban J connectivity index is 1.23. The number of hydrogen-bond acceptors (Lipinski definition) is 8. The fraction of sp³-hybridized carbons (Fsp3) is 0.367. The van der Waals surface area contributed by atoms with Gasteiger partial charge in [-0.1, -0.05) is 17.3 Å². The molecule has 1 fully saturated rings. The zero-order chi connectivity index (χ0) is 29.2. The van der Waals surface area contributed by atoms with Crippen molar-refractivity contribution >= 4 is 11.8 Å². The lowest BCUT2D eigenvalue weighted by Crippen LogP contribution is -2.44. The molecule has 2 aliphatic heterocycles. The van der Waals surface area contributed by atoms with Gasteiger partial charge in [-0.3, -0.25) is 14.3 Å². The van der Waals surface area contributed by atoms with E-state index in [1.165, 1.54) is 0 Å². The third-order valence-corrected chi connectivity index (χ3v) is 7.51. The molecule has 0 aliphatic carbocycles. The predicted octanol–water partition coefficient (Wildman–Crippen LogP) is 2.38. The van der Waals surface area contributed by atoms with Crippen molar-refractivity contribution in [3.8, 4) is 11.5 Å². The van der Waals surface area contributed by atoms with Gasteiger partial charge in [0.2, 0.25) is 0 Å². The molecule has 2 aromatic heterocycles. The summed E-state index contributed by atoms with van der Waals surface area (Å²) in [6.45, 7) is 6.12. The lowest BCUT2D eigenvalue weighted by Gasteiger charge is -2.20. The summed E-state index contributed by atoms with van der Waals surface area (Å²) in [5, 5.41) is 16.0. The Morgan fingerprint density at radius 3 is 2.83 bits per heavy atom. The number of fused-ring (bicyclic) bond motifs is 5. The molecule has 42 heavy (non-hydrogen) atoms. The zero-order valence-electron chi connectivity index (χ0n) is 23.8. The van der Waals surface area contributed by atoms with E-state index in [2.05, 4.69) is 20.7 Å². The molecule has 2 aliphatic rings. The lowest BCUT2D eigenvalue weighted by atomic mass is 10.1. The Kier molecular flexibility index (Phi) is 7.62. The van der Waals surface area contributed by atoms with E-state index in [0.717, 1.165) is 17.0 Å². The molecule has 218 valence electrons. The van der Waals surface area contributed by atoms with Crippen LogP contribution in [0.3, 0.4) is 0 Å². The number of ether oxygens (including phenoxy) is 3. The first-order valence-corrected chi connectivity index (χ1v) is 13.9. The molecule has 0 spiro atoms. The fourth-order valence-corrected chi connectivity index (χ4v) is 5.38. The molecule has 12 heteroatoms. The minimum atomic E-state index is -0.444. The van der Waals surface area contributed by atoms with Gasteiger partial charge in [0, 0.05) is 29.9 Å². The van der Waals surface area contributed by atoms with Gasteiger partial charge in [0.25, 0.3) is 11.8 Å². The van der Waals surface area contributed by atoms with E-state index in [9.17, 15) is 9.59 Å². The number of hydrogen-bond donors (Lipinski definition) is 1. The number of aromatic nitrogens is 5. The van der Waals surface area contributed by atoms with E-state index >= 15 is 0 Å². The van der Waals surface area contributed by atoms with Crippen LogP contribution in [0.25, 0.3) is 0 Å². The number of aryl methyl sites for hydroxylation is 2. The minimum absolute atomic E-state index is 0.129. The maximum Gasteiger partial charge on any atom is 0.254 e. The van der Waals surface area contributed by atoms with Crippen molar-refractivity contribution in [2.24, 2.45) is 0 Å². The second-order valence-corrected chi connectivity index (χ2v) is 10.6. The minimum Gasteiger partial charge on any atom is -0.493 e. The van der Waals surface area contributed by atoms with Crippen LogP contribution in [0.5, 0.6) is 11.5 Å². The average molecular weight is 572 g/mol. The topological polar surface area (TPSA) is 126 Å². The number of nitrogens with one attached hydrogen (secondary N) is 1. The first-order valence-electron chi connectivity index (χ1n) is 13.9. The second kappa shape index (κ2) is 11.6. The van der Waals surface area contributed by atoms with Crippen LogP contribution in [-0.2, 0) is 24.4 Å². The molecule has 1 saturated heterocycles. The van der Waals surface area contributed by atoms with Crippen molar-refractivity contribution in [1.29, 1.82) is 0 Å². The molecule has 2 aromatic carbocycles. The first-order chi connectivity index (χ1) is 20.4. The molecule has 2 amide bonds. The SMILES string of the molecule is COc1ccc2cc1OCCn1cc(nn1)CO[C@H]1CN(C(=O)c3cccc(Cn4nc(C)cc4C)c3)C[C@@H]1NC2=O. The Morgan fingerprint density at radius 2 is 2.02 bits per heavy atom. The third kappa shape index (κ3) is 5.84. The molecule has 0 radical (unpaired) electrons. The normalized spacial score (nSPS) is 18.8. The molecule has 0 unspecified atom stereocenters. The largest absolute Gasteiger partial charge is 0.493 e. The van der Waals surface area contributed by atoms with Gasteiger partial charge in [0.1, 0.15) is 12.3 Å². The van der Waals surface area contributed by atoms with Crippen LogP contribution in [0.1, 0.15) is 43.4 Å². The van der Waals surface area contributed by atoms with Crippen LogP contribution >= 0.6 is 0 Å². The number of amides is 2. The number of methoxy groups -OCH3 is 1. The molecule has 0 saturated carbocycles. The summed E-state index contributed by atoms with van der Waals surface area (Å²) in [6.07, 6.45) is 1.36. The van der Waals surface area contributed by atoms with Crippen molar-refractivity contribution < 1.29 is 23.8 Å². The highest BCUT2D eigenvalue weighted by atomic mass is 16.5. The van der Waals surface area contributed by atoms with Crippen LogP contribution < -0.4 is 14.8 Å². The second-order valence-electron chi connectivity index (χ2n) is 10.6. The van der Waals surface area contributed by atoms with Gasteiger partial charge in [0.15, 0.2) is 11.5 Å². The highest BCUT2D eigenvalue weighted by Crippen LogP contribution is 2.29. The Labute approximate surface area is 243 Å². The van der Waals surface area contributed by atoms with Gasteiger partial charge >= 0.3 is 0 Å². The van der Waals surface area contributed by atoms with E-state index in [-0.39, 0.29) is 18.4 Å². The zero-order valence-corrected chi connectivity index (χ0v) is 23.8. The van der Waals surface area contributed by atoms with Crippen molar-refractivity contribution in [2.75, 3.05) is 26.8 Å². The highest BCUT2D eigenvalue weighted by molar-refractivity contribution is 5.96. The number of carbonyl (C=O) groups excluding carboxylic acids is 2. The highest BCUT2D eigenvalue weighted by Gasteiger charge is 2.38. The van der Waals surface area contributed by atoms with Gasteiger partial charge in [0.05, 0.1) is 50.8 Å². The molecule has 2 atom stereocenters. The summed E-state index contributed by atoms with van der Waals surface area (Å²) in [5.41, 5.74) is 4.63. The number of nitrogens with zero attached hydrogens (tertiary/aromatic N) is 6. The van der Waals surface area contributed by atoms with Gasteiger partial charge in [-0.05, 0) is 55.8 Å². The smallest absolute Gasteiger partial charge is 0.254 e. The van der Waals surface area contributed by atoms with Crippen molar-refractivity contribution in [2.45, 2.75) is 45.7 Å². The van der Waals surface area contributed by atoms with Crippen LogP contribution in [0.2, 0.25) is 0 Å². The first kappa shape index (κ1) is 27.5. The summed E-state index contributed by atoms with van der Waals surface area (Å²) in [5.74, 6) is 0.559. The summed E-state index contributed by atoms with van der Waals surface area (Å²) in [4.78, 5) is 28.8. The van der Waals surface area contributed by atoms with Crippen LogP contribution in [-0.4, -0.2) is 80.4 Å². The average Bonchev–Trinajstić information content (AvgIpc) is 3.69. The van der Waals surface area contributed by atoms with Crippen LogP contribution in [0, 0.1) is 13.8 Å². The van der Waals surface area contributed by atoms with Gasteiger partial charge in [-0.2, -0.15) is 5.10 Å². The van der Waals surface area contributed by atoms with E-state index < -0.39 is 12.1 Å². The van der Waals surface area contributed by atoms with E-state index in [1.54, 1.807) is 41.1 Å². The fourth-order valence-electron chi connectivity index (χ4n) is 5.38. The number of likely N-dealkylation sites (tertiary alicyclic amines) is 1. The molecule has 6 rings (SSSR count). The summed E-state index contributed by atoms with van der Waals surface area (Å²) >= 11 is 0. The monoisotopic (exact) mass is 571 g/mol. The molecular formula is C30H33N7O5. The van der Waals surface area contributed by atoms with Crippen molar-refractivity contribution in [1.82, 2.24) is 35.0 Å². The van der Waals surface area contributed by atoms with Gasteiger partial charge in [-0.25, -0.2) is 4.68 Å². The van der Waals surface area contributed by atoms with Gasteiger partial charge < -0.3 is 24.4 Å². The Bertz CT molecular complexity index is 1610. The predicted molar refractivity (Wildman–Crippen MR) is 151 cm³/mol. The van der Waals surface area contributed by atoms with E-state index in [4.69, 9.17) is 14.2 Å². The quantitative estimate of drug-likeness (QED) is 0.396. The lowest BCUT2D eigenvalue weighted by molar-refractivity contribution is 0.0291. The number of benzene rings is 2. The Morgan fingerprint density at radius 1 is 1.14 bits per heavy atom. The summed E-state index contributed by atoms with van der Waals surface area (Å²) in [7, 11) is 1.55. The number of rotatable bonds is 4. The summed E-state index contributed by atoms with van der Waals surface area (Å²) in [6, 6.07) is 14.2. The van der Waals surface area contributed by atoms with E-state index in [1.807, 2.05) is 48.9 Å². The van der Waals surface area contributed by atoms with Crippen LogP contribution in [0.15, 0.2) is 54.7 Å².